The van der Waals surface area contributed by atoms with Crippen LogP contribution in [0.25, 0.3) is 0 Å². The quantitative estimate of drug-likeness (QED) is 0.800. The van der Waals surface area contributed by atoms with Crippen molar-refractivity contribution in [3.8, 4) is 0 Å². The molecule has 0 saturated heterocycles. The molecule has 1 aromatic carbocycles. The molecule has 0 aromatic heterocycles. The van der Waals surface area contributed by atoms with Crippen LogP contribution in [0.3, 0.4) is 0 Å². The Kier molecular flexibility index (Phi) is 5.49. The van der Waals surface area contributed by atoms with Crippen LogP contribution in [0.2, 0.25) is 0 Å². The maximum atomic E-state index is 12.4. The number of thioether (sulfide) groups is 1. The number of likely N-dealkylation sites (N-methyl/N-ethyl adjacent to an activating group) is 1. The van der Waals surface area contributed by atoms with Gasteiger partial charge in [-0.1, -0.05) is 18.6 Å². The highest BCUT2D eigenvalue weighted by Gasteiger charge is 2.40. The molecule has 2 saturated carbocycles. The van der Waals surface area contributed by atoms with Crippen LogP contribution in [0.4, 0.5) is 5.69 Å². The Morgan fingerprint density at radius 3 is 2.71 bits per heavy atom. The molecule has 4 nitrogen and oxygen atoms in total. The summed E-state index contributed by atoms with van der Waals surface area (Å²) in [5.74, 6) is 2.10. The van der Waals surface area contributed by atoms with Gasteiger partial charge in [-0.15, -0.1) is 11.8 Å². The van der Waals surface area contributed by atoms with Crippen molar-refractivity contribution in [1.82, 2.24) is 4.90 Å². The van der Waals surface area contributed by atoms with E-state index < -0.39 is 0 Å². The predicted molar refractivity (Wildman–Crippen MR) is 98.0 cm³/mol. The number of rotatable bonds is 6. The number of hydrogen-bond acceptors (Lipinski definition) is 3. The first-order chi connectivity index (χ1) is 11.6. The molecule has 2 amide bonds. The number of nitrogens with zero attached hydrogens (tertiary/aromatic N) is 1. The van der Waals surface area contributed by atoms with Gasteiger partial charge in [0.15, 0.2) is 0 Å². The zero-order valence-corrected chi connectivity index (χ0v) is 15.3. The Morgan fingerprint density at radius 1 is 1.25 bits per heavy atom. The van der Waals surface area contributed by atoms with E-state index in [9.17, 15) is 9.59 Å². The summed E-state index contributed by atoms with van der Waals surface area (Å²) in [5.41, 5.74) is 0.809. The fourth-order valence-corrected chi connectivity index (χ4v) is 4.80. The fraction of sp³-hybridized carbons (Fsp3) is 0.579. The lowest BCUT2D eigenvalue weighted by molar-refractivity contribution is -0.134. The minimum atomic E-state index is -0.139. The summed E-state index contributed by atoms with van der Waals surface area (Å²) in [4.78, 5) is 27.3. The second-order valence-corrected chi connectivity index (χ2v) is 7.99. The van der Waals surface area contributed by atoms with Crippen molar-refractivity contribution in [3.63, 3.8) is 0 Å². The van der Waals surface area contributed by atoms with Gasteiger partial charge in [0.1, 0.15) is 0 Å². The van der Waals surface area contributed by atoms with Crippen LogP contribution in [0.5, 0.6) is 0 Å². The van der Waals surface area contributed by atoms with Gasteiger partial charge in [0, 0.05) is 18.4 Å². The molecule has 2 bridgehead atoms. The van der Waals surface area contributed by atoms with Crippen LogP contribution in [0.1, 0.15) is 32.1 Å². The number of hydrogen-bond donors (Lipinski definition) is 1. The molecule has 2 aliphatic carbocycles. The van der Waals surface area contributed by atoms with E-state index in [-0.39, 0.29) is 18.4 Å². The Balaban J connectivity index is 1.49. The Morgan fingerprint density at radius 2 is 2.04 bits per heavy atom. The van der Waals surface area contributed by atoms with Crippen LogP contribution in [0.15, 0.2) is 29.2 Å². The zero-order valence-electron chi connectivity index (χ0n) is 14.5. The molecule has 2 aliphatic rings. The third-order valence-corrected chi connectivity index (χ3v) is 6.30. The van der Waals surface area contributed by atoms with Crippen LogP contribution < -0.4 is 5.32 Å². The highest BCUT2D eigenvalue weighted by Crippen LogP contribution is 2.49. The van der Waals surface area contributed by atoms with E-state index >= 15 is 0 Å². The Hall–Kier alpha value is -1.49. The molecule has 0 radical (unpaired) electrons. The number of amides is 2. The molecule has 0 heterocycles. The van der Waals surface area contributed by atoms with Crippen molar-refractivity contribution >= 4 is 29.3 Å². The van der Waals surface area contributed by atoms with Gasteiger partial charge < -0.3 is 10.2 Å². The standard InChI is InChI=1S/C19H26N2O2S/c1-21(19(23)11-15-10-13-7-8-14(15)9-13)12-18(22)20-16-5-3-4-6-17(16)24-2/h3-6,13-15H,7-12H2,1-2H3,(H,20,22)/t13-,14-,15+/m1/s1. The molecular weight excluding hydrogens is 320 g/mol. The van der Waals surface area contributed by atoms with Crippen LogP contribution in [-0.4, -0.2) is 36.6 Å². The molecule has 24 heavy (non-hydrogen) atoms. The fourth-order valence-electron chi connectivity index (χ4n) is 4.25. The molecule has 0 aliphatic heterocycles. The first-order valence-corrected chi connectivity index (χ1v) is 9.96. The summed E-state index contributed by atoms with van der Waals surface area (Å²) in [6.45, 7) is 0.113. The van der Waals surface area contributed by atoms with E-state index in [1.165, 1.54) is 25.7 Å². The number of benzene rings is 1. The van der Waals surface area contributed by atoms with Crippen molar-refractivity contribution in [2.45, 2.75) is 37.0 Å². The second kappa shape index (κ2) is 7.60. The minimum absolute atomic E-state index is 0.0980. The smallest absolute Gasteiger partial charge is 0.244 e. The Labute approximate surface area is 148 Å². The third-order valence-electron chi connectivity index (χ3n) is 5.51. The van der Waals surface area contributed by atoms with Crippen LogP contribution in [0, 0.1) is 17.8 Å². The van der Waals surface area contributed by atoms with Gasteiger partial charge in [0.05, 0.1) is 12.2 Å². The molecule has 3 atom stereocenters. The number of carbonyl (C=O) groups excluding carboxylic acids is 2. The lowest BCUT2D eigenvalue weighted by Gasteiger charge is -2.24. The predicted octanol–water partition coefficient (Wildman–Crippen LogP) is 3.63. The van der Waals surface area contributed by atoms with E-state index in [0.29, 0.717) is 12.3 Å². The lowest BCUT2D eigenvalue weighted by Crippen LogP contribution is -2.36. The third kappa shape index (κ3) is 3.94. The first kappa shape index (κ1) is 17.3. The zero-order chi connectivity index (χ0) is 17.1. The number of carbonyl (C=O) groups is 2. The monoisotopic (exact) mass is 346 g/mol. The normalized spacial score (nSPS) is 24.8. The summed E-state index contributed by atoms with van der Waals surface area (Å²) in [7, 11) is 1.73. The molecule has 0 unspecified atom stereocenters. The van der Waals surface area contributed by atoms with Crippen LogP contribution in [-0.2, 0) is 9.59 Å². The van der Waals surface area contributed by atoms with E-state index in [4.69, 9.17) is 0 Å². The van der Waals surface area contributed by atoms with Crippen molar-refractivity contribution in [3.05, 3.63) is 24.3 Å². The molecule has 130 valence electrons. The van der Waals surface area contributed by atoms with Crippen LogP contribution >= 0.6 is 11.8 Å². The van der Waals surface area contributed by atoms with Gasteiger partial charge in [-0.05, 0) is 55.4 Å². The maximum absolute atomic E-state index is 12.4. The Bertz CT molecular complexity index is 619. The molecule has 1 aromatic rings. The summed E-state index contributed by atoms with van der Waals surface area (Å²) >= 11 is 1.60. The SMILES string of the molecule is CSc1ccccc1NC(=O)CN(C)C(=O)C[C@@H]1C[C@@H]2CC[C@@H]1C2. The molecule has 5 heteroatoms. The molecule has 3 rings (SSSR count). The molecule has 0 spiro atoms. The minimum Gasteiger partial charge on any atom is -0.336 e. The highest BCUT2D eigenvalue weighted by atomic mass is 32.2. The molecular formula is C19H26N2O2S. The number of fused-ring (bicyclic) bond motifs is 2. The summed E-state index contributed by atoms with van der Waals surface area (Å²) in [6.07, 6.45) is 7.74. The van der Waals surface area contributed by atoms with Crippen molar-refractivity contribution in [2.75, 3.05) is 25.2 Å². The topological polar surface area (TPSA) is 49.4 Å². The summed E-state index contributed by atoms with van der Waals surface area (Å²) < 4.78 is 0. The first-order valence-electron chi connectivity index (χ1n) is 8.73. The molecule has 1 N–H and O–H groups in total. The van der Waals surface area contributed by atoms with Gasteiger partial charge in [0.2, 0.25) is 11.8 Å². The van der Waals surface area contributed by atoms with E-state index in [2.05, 4.69) is 5.32 Å². The van der Waals surface area contributed by atoms with Crippen molar-refractivity contribution in [1.29, 1.82) is 0 Å². The van der Waals surface area contributed by atoms with Gasteiger partial charge in [-0.3, -0.25) is 9.59 Å². The highest BCUT2D eigenvalue weighted by molar-refractivity contribution is 7.98. The molecule has 2 fully saturated rings. The van der Waals surface area contributed by atoms with E-state index in [1.807, 2.05) is 30.5 Å². The van der Waals surface area contributed by atoms with Gasteiger partial charge in [-0.2, -0.15) is 0 Å². The second-order valence-electron chi connectivity index (χ2n) is 7.14. The number of para-hydroxylation sites is 1. The van der Waals surface area contributed by atoms with Crippen molar-refractivity contribution < 1.29 is 9.59 Å². The summed E-state index contributed by atoms with van der Waals surface area (Å²) in [6, 6.07) is 7.72. The summed E-state index contributed by atoms with van der Waals surface area (Å²) in [5, 5.41) is 2.91. The maximum Gasteiger partial charge on any atom is 0.244 e. The van der Waals surface area contributed by atoms with E-state index in [0.717, 1.165) is 22.4 Å². The van der Waals surface area contributed by atoms with Gasteiger partial charge in [-0.25, -0.2) is 0 Å². The van der Waals surface area contributed by atoms with Crippen molar-refractivity contribution in [2.24, 2.45) is 17.8 Å². The number of nitrogens with one attached hydrogen (secondary N) is 1. The van der Waals surface area contributed by atoms with Gasteiger partial charge >= 0.3 is 0 Å². The largest absolute Gasteiger partial charge is 0.336 e. The lowest BCUT2D eigenvalue weighted by atomic mass is 9.86. The average Bonchev–Trinajstić information content (AvgIpc) is 3.18. The van der Waals surface area contributed by atoms with Gasteiger partial charge in [0.25, 0.3) is 0 Å². The number of anilines is 1. The average molecular weight is 346 g/mol. The van der Waals surface area contributed by atoms with E-state index in [1.54, 1.807) is 23.7 Å².